The van der Waals surface area contributed by atoms with E-state index in [0.717, 1.165) is 12.1 Å². The number of hydrogen-bond acceptors (Lipinski definition) is 7. The molecule has 7 nitrogen and oxygen atoms in total. The van der Waals surface area contributed by atoms with Crippen molar-refractivity contribution in [2.45, 2.75) is 19.6 Å². The molecule has 0 radical (unpaired) electrons. The van der Waals surface area contributed by atoms with Crippen LogP contribution in [0.15, 0.2) is 59.7 Å². The van der Waals surface area contributed by atoms with Gasteiger partial charge in [-0.3, -0.25) is 0 Å². The largest absolute Gasteiger partial charge is 0.573 e. The van der Waals surface area contributed by atoms with Crippen LogP contribution in [-0.4, -0.2) is 36.0 Å². The highest BCUT2D eigenvalue weighted by molar-refractivity contribution is 5.80. The molecule has 3 aromatic rings. The number of ether oxygens (including phenoxy) is 2. The van der Waals surface area contributed by atoms with E-state index in [9.17, 15) is 26.3 Å². The van der Waals surface area contributed by atoms with Gasteiger partial charge in [0.2, 0.25) is 5.95 Å². The van der Waals surface area contributed by atoms with Gasteiger partial charge in [0.15, 0.2) is 0 Å². The lowest BCUT2D eigenvalue weighted by Gasteiger charge is -2.19. The minimum absolute atomic E-state index is 0.132. The molecule has 13 heteroatoms. The van der Waals surface area contributed by atoms with Crippen molar-refractivity contribution in [3.63, 3.8) is 0 Å². The number of halogens is 6. The summed E-state index contributed by atoms with van der Waals surface area (Å²) in [6.45, 7) is 1.72. The Morgan fingerprint density at radius 2 is 1.38 bits per heavy atom. The summed E-state index contributed by atoms with van der Waals surface area (Å²) >= 11 is 0. The van der Waals surface area contributed by atoms with Gasteiger partial charge in [0.1, 0.15) is 17.3 Å². The molecule has 3 rings (SSSR count). The van der Waals surface area contributed by atoms with E-state index < -0.39 is 12.7 Å². The van der Waals surface area contributed by atoms with Gasteiger partial charge in [0.05, 0.1) is 6.21 Å². The predicted molar refractivity (Wildman–Crippen MR) is 112 cm³/mol. The molecule has 0 aliphatic heterocycles. The number of hydrazone groups is 1. The normalized spacial score (nSPS) is 12.0. The minimum atomic E-state index is -4.78. The molecule has 0 saturated carbocycles. The molecule has 0 spiro atoms. The van der Waals surface area contributed by atoms with Crippen LogP contribution in [-0.2, 0) is 0 Å². The van der Waals surface area contributed by atoms with Crippen LogP contribution in [0.3, 0.4) is 0 Å². The summed E-state index contributed by atoms with van der Waals surface area (Å²) in [4.78, 5) is 10.1. The third-order valence-electron chi connectivity index (χ3n) is 4.13. The van der Waals surface area contributed by atoms with E-state index in [1.54, 1.807) is 24.9 Å². The van der Waals surface area contributed by atoms with E-state index in [1.807, 2.05) is 0 Å². The summed E-state index contributed by atoms with van der Waals surface area (Å²) in [6, 6.07) is 12.0. The molecule has 0 aliphatic rings. The van der Waals surface area contributed by atoms with E-state index in [0.29, 0.717) is 22.8 Å². The molecule has 34 heavy (non-hydrogen) atoms. The highest BCUT2D eigenvalue weighted by atomic mass is 19.4. The van der Waals surface area contributed by atoms with Gasteiger partial charge in [-0.25, -0.2) is 10.4 Å². The van der Waals surface area contributed by atoms with Gasteiger partial charge >= 0.3 is 12.7 Å². The van der Waals surface area contributed by atoms with Crippen LogP contribution in [0.4, 0.5) is 43.8 Å². The van der Waals surface area contributed by atoms with Crippen LogP contribution in [0.1, 0.15) is 11.3 Å². The first kappa shape index (κ1) is 24.6. The zero-order chi connectivity index (χ0) is 24.9. The molecule has 1 N–H and O–H groups in total. The Bertz CT molecular complexity index is 1130. The number of nitrogens with one attached hydrogen (secondary N) is 1. The molecule has 0 amide bonds. The number of rotatable bonds is 7. The van der Waals surface area contributed by atoms with Crippen LogP contribution in [0.25, 0.3) is 0 Å². The third kappa shape index (κ3) is 7.53. The lowest BCUT2D eigenvalue weighted by molar-refractivity contribution is -0.275. The Morgan fingerprint density at radius 1 is 0.853 bits per heavy atom. The number of nitrogens with zero attached hydrogens (tertiary/aromatic N) is 4. The molecule has 1 aromatic heterocycles. The van der Waals surface area contributed by atoms with Gasteiger partial charge in [-0.05, 0) is 61.0 Å². The molecule has 180 valence electrons. The number of anilines is 3. The molecular formula is C21H17F6N5O2. The molecule has 0 bridgehead atoms. The average molecular weight is 485 g/mol. The maximum atomic E-state index is 12.3. The number of alkyl halides is 6. The van der Waals surface area contributed by atoms with E-state index >= 15 is 0 Å². The second-order valence-electron chi connectivity index (χ2n) is 6.78. The standard InChI is InChI=1S/C21H17F6N5O2/c1-13-11-18(32(2)15-5-9-17(10-6-15)34-21(25,26)27)30-19(29-13)31-28-12-14-3-7-16(8-4-14)33-20(22,23)24/h3-12H,1-2H3,(H,29,30,31)/b28-12+. The van der Waals surface area contributed by atoms with Crippen molar-refractivity contribution >= 4 is 23.7 Å². The van der Waals surface area contributed by atoms with Crippen molar-refractivity contribution in [1.82, 2.24) is 9.97 Å². The predicted octanol–water partition coefficient (Wildman–Crippen LogP) is 5.80. The Balaban J connectivity index is 1.67. The molecule has 1 heterocycles. The molecule has 0 saturated heterocycles. The van der Waals surface area contributed by atoms with Gasteiger partial charge in [0, 0.05) is 24.5 Å². The highest BCUT2D eigenvalue weighted by Crippen LogP contribution is 2.28. The molecular weight excluding hydrogens is 468 g/mol. The van der Waals surface area contributed by atoms with Crippen molar-refractivity contribution in [1.29, 1.82) is 0 Å². The van der Waals surface area contributed by atoms with Crippen molar-refractivity contribution in [2.24, 2.45) is 5.10 Å². The number of aromatic nitrogens is 2. The summed E-state index contributed by atoms with van der Waals surface area (Å²) in [6.07, 6.45) is -8.20. The maximum absolute atomic E-state index is 12.3. The lowest BCUT2D eigenvalue weighted by atomic mass is 10.2. The summed E-state index contributed by atoms with van der Waals surface area (Å²) in [5.41, 5.74) is 4.25. The SMILES string of the molecule is Cc1cc(N(C)c2ccc(OC(F)(F)F)cc2)nc(N/N=C/c2ccc(OC(F)(F)F)cc2)n1. The lowest BCUT2D eigenvalue weighted by Crippen LogP contribution is -2.17. The Labute approximate surface area is 189 Å². The second kappa shape index (κ2) is 9.85. The van der Waals surface area contributed by atoms with Crippen LogP contribution in [0.5, 0.6) is 11.5 Å². The Hall–Kier alpha value is -4.03. The first-order valence-corrected chi connectivity index (χ1v) is 9.48. The van der Waals surface area contributed by atoms with Crippen LogP contribution in [0, 0.1) is 6.92 Å². The zero-order valence-electron chi connectivity index (χ0n) is 17.6. The summed E-state index contributed by atoms with van der Waals surface area (Å²) in [7, 11) is 1.67. The second-order valence-corrected chi connectivity index (χ2v) is 6.78. The van der Waals surface area contributed by atoms with Crippen LogP contribution >= 0.6 is 0 Å². The Kier molecular flexibility index (Phi) is 7.13. The first-order chi connectivity index (χ1) is 15.9. The van der Waals surface area contributed by atoms with Gasteiger partial charge in [0.25, 0.3) is 0 Å². The molecule has 0 fully saturated rings. The van der Waals surface area contributed by atoms with Gasteiger partial charge in [-0.15, -0.1) is 26.3 Å². The Morgan fingerprint density at radius 3 is 1.91 bits per heavy atom. The smallest absolute Gasteiger partial charge is 0.406 e. The first-order valence-electron chi connectivity index (χ1n) is 9.48. The molecule has 0 atom stereocenters. The molecule has 2 aromatic carbocycles. The van der Waals surface area contributed by atoms with Crippen molar-refractivity contribution < 1.29 is 35.8 Å². The topological polar surface area (TPSA) is 71.9 Å². The number of benzene rings is 2. The van der Waals surface area contributed by atoms with Gasteiger partial charge < -0.3 is 14.4 Å². The van der Waals surface area contributed by atoms with Gasteiger partial charge in [-0.1, -0.05) is 0 Å². The number of aryl methyl sites for hydroxylation is 1. The molecule has 0 unspecified atom stereocenters. The van der Waals surface area contributed by atoms with E-state index in [2.05, 4.69) is 30.0 Å². The number of hydrogen-bond donors (Lipinski definition) is 1. The van der Waals surface area contributed by atoms with E-state index in [-0.39, 0.29) is 17.4 Å². The zero-order valence-corrected chi connectivity index (χ0v) is 17.6. The summed E-state index contributed by atoms with van der Waals surface area (Å²) in [5.74, 6) is -0.140. The van der Waals surface area contributed by atoms with Crippen molar-refractivity contribution in [3.05, 3.63) is 65.9 Å². The maximum Gasteiger partial charge on any atom is 0.573 e. The molecule has 0 aliphatic carbocycles. The van der Waals surface area contributed by atoms with Crippen molar-refractivity contribution in [3.8, 4) is 11.5 Å². The highest BCUT2D eigenvalue weighted by Gasteiger charge is 2.31. The van der Waals surface area contributed by atoms with E-state index in [1.165, 1.54) is 42.6 Å². The third-order valence-corrected chi connectivity index (χ3v) is 4.13. The van der Waals surface area contributed by atoms with E-state index in [4.69, 9.17) is 0 Å². The minimum Gasteiger partial charge on any atom is -0.406 e. The quantitative estimate of drug-likeness (QED) is 0.259. The van der Waals surface area contributed by atoms with Crippen LogP contribution in [0.2, 0.25) is 0 Å². The fourth-order valence-corrected chi connectivity index (χ4v) is 2.70. The summed E-state index contributed by atoms with van der Waals surface area (Å²) < 4.78 is 81.3. The van der Waals surface area contributed by atoms with Crippen molar-refractivity contribution in [2.75, 3.05) is 17.4 Å². The van der Waals surface area contributed by atoms with Gasteiger partial charge in [-0.2, -0.15) is 10.1 Å². The van der Waals surface area contributed by atoms with Crippen LogP contribution < -0.4 is 19.8 Å². The fourth-order valence-electron chi connectivity index (χ4n) is 2.70. The summed E-state index contributed by atoms with van der Waals surface area (Å²) in [5, 5.41) is 3.97. The monoisotopic (exact) mass is 485 g/mol. The fraction of sp³-hybridized carbons (Fsp3) is 0.190. The average Bonchev–Trinajstić information content (AvgIpc) is 2.72.